The lowest BCUT2D eigenvalue weighted by atomic mass is 10.2. The number of rotatable bonds is 10. The SMILES string of the molecule is CCCCN(C)c1ccc(C(=O)NNc2ccc(S(=O)(=O)NC3CC3)cc2)cc1. The first-order valence-electron chi connectivity index (χ1n) is 9.89. The van der Waals surface area contributed by atoms with Crippen molar-refractivity contribution in [2.24, 2.45) is 0 Å². The molecule has 3 rings (SSSR count). The Hall–Kier alpha value is -2.58. The van der Waals surface area contributed by atoms with Gasteiger partial charge in [0.2, 0.25) is 10.0 Å². The van der Waals surface area contributed by atoms with Crippen LogP contribution in [0, 0.1) is 0 Å². The number of sulfonamides is 1. The van der Waals surface area contributed by atoms with Crippen LogP contribution in [0.1, 0.15) is 43.0 Å². The van der Waals surface area contributed by atoms with E-state index in [1.165, 1.54) is 12.1 Å². The number of carbonyl (C=O) groups is 1. The van der Waals surface area contributed by atoms with E-state index < -0.39 is 10.0 Å². The van der Waals surface area contributed by atoms with E-state index >= 15 is 0 Å². The summed E-state index contributed by atoms with van der Waals surface area (Å²) in [5.41, 5.74) is 7.65. The van der Waals surface area contributed by atoms with Gasteiger partial charge < -0.3 is 4.90 Å². The molecule has 0 bridgehead atoms. The average molecular weight is 417 g/mol. The summed E-state index contributed by atoms with van der Waals surface area (Å²) in [7, 11) is -1.44. The molecule has 0 radical (unpaired) electrons. The summed E-state index contributed by atoms with van der Waals surface area (Å²) in [6.45, 7) is 3.14. The second-order valence-electron chi connectivity index (χ2n) is 7.32. The summed E-state index contributed by atoms with van der Waals surface area (Å²) < 4.78 is 27.0. The maximum atomic E-state index is 12.3. The molecular weight excluding hydrogens is 388 g/mol. The first-order chi connectivity index (χ1) is 13.9. The minimum Gasteiger partial charge on any atom is -0.375 e. The third kappa shape index (κ3) is 5.95. The predicted molar refractivity (Wildman–Crippen MR) is 115 cm³/mol. The van der Waals surface area contributed by atoms with Crippen molar-refractivity contribution in [3.05, 3.63) is 54.1 Å². The molecule has 0 aliphatic heterocycles. The summed E-state index contributed by atoms with van der Waals surface area (Å²) in [5, 5.41) is 0. The molecule has 0 unspecified atom stereocenters. The summed E-state index contributed by atoms with van der Waals surface area (Å²) >= 11 is 0. The number of unbranched alkanes of at least 4 members (excludes halogenated alkanes) is 1. The van der Waals surface area contributed by atoms with Crippen molar-refractivity contribution in [1.29, 1.82) is 0 Å². The molecule has 0 heterocycles. The second kappa shape index (κ2) is 9.28. The van der Waals surface area contributed by atoms with Crippen molar-refractivity contribution in [2.45, 2.75) is 43.5 Å². The topological polar surface area (TPSA) is 90.5 Å². The smallest absolute Gasteiger partial charge is 0.269 e. The van der Waals surface area contributed by atoms with Crippen LogP contribution in [-0.2, 0) is 10.0 Å². The lowest BCUT2D eigenvalue weighted by molar-refractivity contribution is 0.0962. The molecule has 1 fully saturated rings. The van der Waals surface area contributed by atoms with Gasteiger partial charge in [-0.15, -0.1) is 0 Å². The highest BCUT2D eigenvalue weighted by atomic mass is 32.2. The van der Waals surface area contributed by atoms with E-state index in [0.717, 1.165) is 37.9 Å². The van der Waals surface area contributed by atoms with Gasteiger partial charge in [-0.1, -0.05) is 13.3 Å². The number of nitrogens with one attached hydrogen (secondary N) is 3. The van der Waals surface area contributed by atoms with E-state index in [-0.39, 0.29) is 16.8 Å². The largest absolute Gasteiger partial charge is 0.375 e. The number of hydrogen-bond donors (Lipinski definition) is 3. The van der Waals surface area contributed by atoms with E-state index in [0.29, 0.717) is 11.3 Å². The van der Waals surface area contributed by atoms with Gasteiger partial charge in [0, 0.05) is 30.9 Å². The van der Waals surface area contributed by atoms with Gasteiger partial charge in [-0.05, 0) is 67.8 Å². The number of carbonyl (C=O) groups excluding carboxylic acids is 1. The minimum absolute atomic E-state index is 0.0647. The molecule has 3 N–H and O–H groups in total. The summed E-state index contributed by atoms with van der Waals surface area (Å²) in [5.74, 6) is -0.264. The molecule has 1 amide bonds. The molecule has 0 spiro atoms. The standard InChI is InChI=1S/C21H28N4O3S/c1-3-4-15-25(2)19-11-5-16(6-12-19)21(26)23-22-17-9-13-20(14-10-17)29(27,28)24-18-7-8-18/h5-6,9-14,18,22,24H,3-4,7-8,15H2,1-2H3,(H,23,26). The fraction of sp³-hybridized carbons (Fsp3) is 0.381. The zero-order valence-electron chi connectivity index (χ0n) is 16.8. The highest BCUT2D eigenvalue weighted by Crippen LogP contribution is 2.22. The molecule has 0 atom stereocenters. The molecule has 1 aliphatic rings. The zero-order chi connectivity index (χ0) is 20.9. The van der Waals surface area contributed by atoms with Gasteiger partial charge >= 0.3 is 0 Å². The van der Waals surface area contributed by atoms with E-state index in [4.69, 9.17) is 0 Å². The summed E-state index contributed by atoms with van der Waals surface area (Å²) in [4.78, 5) is 14.7. The van der Waals surface area contributed by atoms with Crippen LogP contribution in [-0.4, -0.2) is 34.0 Å². The molecule has 29 heavy (non-hydrogen) atoms. The van der Waals surface area contributed by atoms with Crippen LogP contribution >= 0.6 is 0 Å². The van der Waals surface area contributed by atoms with Gasteiger partial charge in [-0.2, -0.15) is 0 Å². The fourth-order valence-corrected chi connectivity index (χ4v) is 4.10. The van der Waals surface area contributed by atoms with Crippen LogP contribution in [0.3, 0.4) is 0 Å². The van der Waals surface area contributed by atoms with Crippen molar-refractivity contribution in [1.82, 2.24) is 10.1 Å². The van der Waals surface area contributed by atoms with E-state index in [1.807, 2.05) is 19.2 Å². The molecule has 156 valence electrons. The number of amides is 1. The first-order valence-corrected chi connectivity index (χ1v) is 11.4. The van der Waals surface area contributed by atoms with Gasteiger partial charge in [-0.25, -0.2) is 13.1 Å². The molecule has 7 nitrogen and oxygen atoms in total. The van der Waals surface area contributed by atoms with Crippen molar-refractivity contribution in [3.63, 3.8) is 0 Å². The predicted octanol–water partition coefficient (Wildman–Crippen LogP) is 3.12. The van der Waals surface area contributed by atoms with Crippen LogP contribution in [0.5, 0.6) is 0 Å². The zero-order valence-corrected chi connectivity index (χ0v) is 17.6. The number of hydrogen-bond acceptors (Lipinski definition) is 5. The highest BCUT2D eigenvalue weighted by molar-refractivity contribution is 7.89. The van der Waals surface area contributed by atoms with Crippen LogP contribution in [0.25, 0.3) is 0 Å². The molecule has 2 aromatic carbocycles. The quantitative estimate of drug-likeness (QED) is 0.518. The number of anilines is 2. The molecule has 2 aromatic rings. The molecule has 0 aromatic heterocycles. The minimum atomic E-state index is -3.47. The maximum Gasteiger partial charge on any atom is 0.269 e. The Bertz CT molecular complexity index is 923. The Morgan fingerprint density at radius 1 is 1.07 bits per heavy atom. The Kier molecular flexibility index (Phi) is 6.76. The van der Waals surface area contributed by atoms with Crippen molar-refractivity contribution < 1.29 is 13.2 Å². The van der Waals surface area contributed by atoms with Crippen LogP contribution in [0.2, 0.25) is 0 Å². The van der Waals surface area contributed by atoms with Crippen LogP contribution in [0.4, 0.5) is 11.4 Å². The molecule has 1 saturated carbocycles. The van der Waals surface area contributed by atoms with Gasteiger partial charge in [-0.3, -0.25) is 15.6 Å². The monoisotopic (exact) mass is 416 g/mol. The summed E-state index contributed by atoms with van der Waals surface area (Å²) in [6, 6.07) is 13.8. The van der Waals surface area contributed by atoms with Gasteiger partial charge in [0.25, 0.3) is 5.91 Å². The lowest BCUT2D eigenvalue weighted by Crippen LogP contribution is -2.29. The maximum absolute atomic E-state index is 12.3. The molecule has 0 saturated heterocycles. The second-order valence-corrected chi connectivity index (χ2v) is 9.04. The Labute approximate surface area is 172 Å². The van der Waals surface area contributed by atoms with Gasteiger partial charge in [0.15, 0.2) is 0 Å². The Morgan fingerprint density at radius 2 is 1.72 bits per heavy atom. The number of nitrogens with zero attached hydrogens (tertiary/aromatic N) is 1. The highest BCUT2D eigenvalue weighted by Gasteiger charge is 2.27. The van der Waals surface area contributed by atoms with Gasteiger partial charge in [0.05, 0.1) is 10.6 Å². The van der Waals surface area contributed by atoms with Crippen molar-refractivity contribution in [3.8, 4) is 0 Å². The Balaban J connectivity index is 1.53. The molecule has 8 heteroatoms. The third-order valence-corrected chi connectivity index (χ3v) is 6.34. The number of benzene rings is 2. The van der Waals surface area contributed by atoms with Crippen molar-refractivity contribution in [2.75, 3.05) is 23.9 Å². The molecular formula is C21H28N4O3S. The number of hydrazine groups is 1. The average Bonchev–Trinajstić information content (AvgIpc) is 3.54. The van der Waals surface area contributed by atoms with E-state index in [2.05, 4.69) is 27.4 Å². The van der Waals surface area contributed by atoms with Crippen LogP contribution in [0.15, 0.2) is 53.4 Å². The molecule has 1 aliphatic carbocycles. The van der Waals surface area contributed by atoms with Crippen LogP contribution < -0.4 is 20.5 Å². The first kappa shape index (κ1) is 21.1. The third-order valence-electron chi connectivity index (χ3n) is 4.80. The van der Waals surface area contributed by atoms with Gasteiger partial charge in [0.1, 0.15) is 0 Å². The van der Waals surface area contributed by atoms with E-state index in [1.54, 1.807) is 24.3 Å². The normalized spacial score (nSPS) is 13.7. The lowest BCUT2D eigenvalue weighted by Gasteiger charge is -2.19. The summed E-state index contributed by atoms with van der Waals surface area (Å²) in [6.07, 6.45) is 4.04. The van der Waals surface area contributed by atoms with Crippen molar-refractivity contribution >= 4 is 27.3 Å². The van der Waals surface area contributed by atoms with E-state index in [9.17, 15) is 13.2 Å². The fourth-order valence-electron chi connectivity index (χ4n) is 2.80. The Morgan fingerprint density at radius 3 is 2.31 bits per heavy atom.